The van der Waals surface area contributed by atoms with E-state index in [9.17, 15) is 9.18 Å². The summed E-state index contributed by atoms with van der Waals surface area (Å²) in [6, 6.07) is 5.80. The lowest BCUT2D eigenvalue weighted by Crippen LogP contribution is -2.04. The number of aryl methyl sites for hydroxylation is 1. The van der Waals surface area contributed by atoms with Gasteiger partial charge in [0, 0.05) is 19.5 Å². The third-order valence-corrected chi connectivity index (χ3v) is 2.28. The molecule has 1 aromatic heterocycles. The lowest BCUT2D eigenvalue weighted by molar-refractivity contribution is 0.100. The van der Waals surface area contributed by atoms with Crippen LogP contribution in [0.1, 0.15) is 17.4 Å². The number of Topliss-reactive ketones (excluding diaryl/α,β-unsaturated/α-hetero) is 1. The molecule has 0 fully saturated rings. The third kappa shape index (κ3) is 1.71. The number of hydrogen-bond acceptors (Lipinski definition) is 3. The molecule has 1 aromatic carbocycles. The zero-order chi connectivity index (χ0) is 11.7. The lowest BCUT2D eigenvalue weighted by Gasteiger charge is -2.00. The van der Waals surface area contributed by atoms with E-state index in [-0.39, 0.29) is 11.6 Å². The third-order valence-electron chi connectivity index (χ3n) is 2.28. The van der Waals surface area contributed by atoms with Crippen LogP contribution in [0.15, 0.2) is 24.3 Å². The maximum Gasteiger partial charge on any atom is 0.180 e. The van der Waals surface area contributed by atoms with E-state index in [1.807, 2.05) is 0 Å². The van der Waals surface area contributed by atoms with Crippen molar-refractivity contribution in [2.45, 2.75) is 6.92 Å². The predicted molar refractivity (Wildman–Crippen MR) is 56.4 cm³/mol. The standard InChI is InChI=1S/C11H10FN3O/c1-7(16)11-10(13-14-15(11)2)8-3-5-9(12)6-4-8/h3-6H,1-2H3. The van der Waals surface area contributed by atoms with Gasteiger partial charge in [-0.25, -0.2) is 9.07 Å². The monoisotopic (exact) mass is 219 g/mol. The first-order valence-corrected chi connectivity index (χ1v) is 4.76. The molecule has 5 heteroatoms. The summed E-state index contributed by atoms with van der Waals surface area (Å²) < 4.78 is 14.2. The van der Waals surface area contributed by atoms with Crippen molar-refractivity contribution in [3.8, 4) is 11.3 Å². The average Bonchev–Trinajstić information content (AvgIpc) is 2.61. The van der Waals surface area contributed by atoms with Gasteiger partial charge in [0.25, 0.3) is 0 Å². The highest BCUT2D eigenvalue weighted by Gasteiger charge is 2.16. The fourth-order valence-electron chi connectivity index (χ4n) is 1.55. The Hall–Kier alpha value is -2.04. The lowest BCUT2D eigenvalue weighted by atomic mass is 10.1. The number of carbonyl (C=O) groups is 1. The molecule has 0 amide bonds. The highest BCUT2D eigenvalue weighted by molar-refractivity contribution is 5.98. The maximum absolute atomic E-state index is 12.8. The smallest absolute Gasteiger partial charge is 0.180 e. The van der Waals surface area contributed by atoms with E-state index in [2.05, 4.69) is 10.3 Å². The molecule has 0 spiro atoms. The number of aromatic nitrogens is 3. The second kappa shape index (κ2) is 3.84. The van der Waals surface area contributed by atoms with E-state index in [1.165, 1.54) is 23.7 Å². The van der Waals surface area contributed by atoms with Crippen molar-refractivity contribution < 1.29 is 9.18 Å². The molecule has 2 aromatic rings. The molecule has 0 radical (unpaired) electrons. The number of carbonyl (C=O) groups excluding carboxylic acids is 1. The summed E-state index contributed by atoms with van der Waals surface area (Å²) in [6.45, 7) is 1.45. The summed E-state index contributed by atoms with van der Waals surface area (Å²) in [5.74, 6) is -0.441. The van der Waals surface area contributed by atoms with Crippen LogP contribution < -0.4 is 0 Å². The first-order chi connectivity index (χ1) is 7.59. The van der Waals surface area contributed by atoms with E-state index in [0.29, 0.717) is 17.0 Å². The van der Waals surface area contributed by atoms with Gasteiger partial charge in [-0.05, 0) is 24.3 Å². The molecule has 0 aliphatic heterocycles. The minimum atomic E-state index is -0.322. The summed E-state index contributed by atoms with van der Waals surface area (Å²) >= 11 is 0. The van der Waals surface area contributed by atoms with Crippen LogP contribution in [0.25, 0.3) is 11.3 Å². The molecule has 0 saturated heterocycles. The van der Waals surface area contributed by atoms with Crippen LogP contribution in [0.3, 0.4) is 0 Å². The molecule has 1 heterocycles. The number of nitrogens with zero attached hydrogens (tertiary/aromatic N) is 3. The van der Waals surface area contributed by atoms with Gasteiger partial charge in [-0.3, -0.25) is 4.79 Å². The first-order valence-electron chi connectivity index (χ1n) is 4.76. The van der Waals surface area contributed by atoms with Crippen LogP contribution >= 0.6 is 0 Å². The summed E-state index contributed by atoms with van der Waals surface area (Å²) in [4.78, 5) is 11.4. The summed E-state index contributed by atoms with van der Waals surface area (Å²) in [5.41, 5.74) is 1.58. The Labute approximate surface area is 91.7 Å². The molecule has 0 aliphatic rings. The Morgan fingerprint density at radius 1 is 1.31 bits per heavy atom. The van der Waals surface area contributed by atoms with Crippen molar-refractivity contribution in [2.24, 2.45) is 7.05 Å². The normalized spacial score (nSPS) is 10.4. The van der Waals surface area contributed by atoms with Gasteiger partial charge in [0.1, 0.15) is 17.2 Å². The van der Waals surface area contributed by atoms with Gasteiger partial charge in [0.2, 0.25) is 0 Å². The topological polar surface area (TPSA) is 47.8 Å². The molecule has 0 bridgehead atoms. The number of ketones is 1. The molecular weight excluding hydrogens is 209 g/mol. The number of hydrogen-bond donors (Lipinski definition) is 0. The Morgan fingerprint density at radius 2 is 1.94 bits per heavy atom. The van der Waals surface area contributed by atoms with Gasteiger partial charge in [-0.2, -0.15) is 0 Å². The van der Waals surface area contributed by atoms with E-state index in [1.54, 1.807) is 19.2 Å². The molecule has 0 saturated carbocycles. The predicted octanol–water partition coefficient (Wildman–Crippen LogP) is 1.82. The van der Waals surface area contributed by atoms with E-state index in [0.717, 1.165) is 0 Å². The Kier molecular flexibility index (Phi) is 2.52. The van der Waals surface area contributed by atoms with Crippen molar-refractivity contribution in [1.29, 1.82) is 0 Å². The van der Waals surface area contributed by atoms with Crippen LogP contribution in [-0.4, -0.2) is 20.8 Å². The molecule has 2 rings (SSSR count). The highest BCUT2D eigenvalue weighted by atomic mass is 19.1. The molecular formula is C11H10FN3O. The minimum absolute atomic E-state index is 0.119. The van der Waals surface area contributed by atoms with E-state index < -0.39 is 0 Å². The second-order valence-corrected chi connectivity index (χ2v) is 3.47. The molecule has 0 atom stereocenters. The zero-order valence-corrected chi connectivity index (χ0v) is 8.94. The summed E-state index contributed by atoms with van der Waals surface area (Å²) in [5, 5.41) is 7.70. The molecule has 0 aliphatic carbocycles. The number of benzene rings is 1. The van der Waals surface area contributed by atoms with Crippen LogP contribution in [0.5, 0.6) is 0 Å². The molecule has 0 unspecified atom stereocenters. The zero-order valence-electron chi connectivity index (χ0n) is 8.94. The van der Waals surface area contributed by atoms with Crippen LogP contribution in [-0.2, 0) is 7.05 Å². The average molecular weight is 219 g/mol. The van der Waals surface area contributed by atoms with E-state index >= 15 is 0 Å². The Balaban J connectivity index is 2.56. The van der Waals surface area contributed by atoms with Crippen LogP contribution in [0, 0.1) is 5.82 Å². The summed E-state index contributed by atoms with van der Waals surface area (Å²) in [6.07, 6.45) is 0. The fraction of sp³-hybridized carbons (Fsp3) is 0.182. The molecule has 0 N–H and O–H groups in total. The number of halogens is 1. The number of rotatable bonds is 2. The highest BCUT2D eigenvalue weighted by Crippen LogP contribution is 2.21. The van der Waals surface area contributed by atoms with Crippen molar-refractivity contribution in [1.82, 2.24) is 15.0 Å². The maximum atomic E-state index is 12.8. The fourth-order valence-corrected chi connectivity index (χ4v) is 1.55. The van der Waals surface area contributed by atoms with Crippen molar-refractivity contribution >= 4 is 5.78 Å². The van der Waals surface area contributed by atoms with E-state index in [4.69, 9.17) is 0 Å². The quantitative estimate of drug-likeness (QED) is 0.724. The first kappa shape index (κ1) is 10.5. The second-order valence-electron chi connectivity index (χ2n) is 3.47. The Bertz CT molecular complexity index is 531. The van der Waals surface area contributed by atoms with Crippen molar-refractivity contribution in [3.63, 3.8) is 0 Å². The van der Waals surface area contributed by atoms with Crippen LogP contribution in [0.2, 0.25) is 0 Å². The summed E-state index contributed by atoms with van der Waals surface area (Å²) in [7, 11) is 1.65. The van der Waals surface area contributed by atoms with Gasteiger partial charge in [-0.15, -0.1) is 5.10 Å². The molecule has 82 valence electrons. The van der Waals surface area contributed by atoms with Gasteiger partial charge in [-0.1, -0.05) is 5.21 Å². The SMILES string of the molecule is CC(=O)c1c(-c2ccc(F)cc2)nnn1C. The van der Waals surface area contributed by atoms with Gasteiger partial charge < -0.3 is 0 Å². The Morgan fingerprint density at radius 3 is 2.50 bits per heavy atom. The largest absolute Gasteiger partial charge is 0.293 e. The van der Waals surface area contributed by atoms with Gasteiger partial charge in [0.05, 0.1) is 0 Å². The van der Waals surface area contributed by atoms with Crippen LogP contribution in [0.4, 0.5) is 4.39 Å². The van der Waals surface area contributed by atoms with Gasteiger partial charge in [0.15, 0.2) is 5.78 Å². The van der Waals surface area contributed by atoms with Gasteiger partial charge >= 0.3 is 0 Å². The molecule has 16 heavy (non-hydrogen) atoms. The van der Waals surface area contributed by atoms with Crippen molar-refractivity contribution in [3.05, 3.63) is 35.8 Å². The molecule has 4 nitrogen and oxygen atoms in total. The van der Waals surface area contributed by atoms with Crippen molar-refractivity contribution in [2.75, 3.05) is 0 Å². The minimum Gasteiger partial charge on any atom is -0.293 e.